The highest BCUT2D eigenvalue weighted by atomic mass is 19.4. The lowest BCUT2D eigenvalue weighted by atomic mass is 9.95. The Kier molecular flexibility index (Phi) is 6.02. The van der Waals surface area contributed by atoms with Crippen LogP contribution in [-0.4, -0.2) is 60.0 Å². The average molecular weight is 433 g/mol. The van der Waals surface area contributed by atoms with E-state index in [9.17, 15) is 18.0 Å². The molecule has 0 unspecified atom stereocenters. The summed E-state index contributed by atoms with van der Waals surface area (Å²) in [5.41, 5.74) is 0.822. The number of alkyl halides is 3. The molecule has 9 heteroatoms. The molecule has 0 saturated carbocycles. The normalized spacial score (nSPS) is 18.4. The van der Waals surface area contributed by atoms with Gasteiger partial charge in [-0.25, -0.2) is 9.97 Å². The van der Waals surface area contributed by atoms with E-state index in [2.05, 4.69) is 14.9 Å². The summed E-state index contributed by atoms with van der Waals surface area (Å²) in [6, 6.07) is 7.24. The highest BCUT2D eigenvalue weighted by Crippen LogP contribution is 2.32. The molecule has 4 rings (SSSR count). The van der Waals surface area contributed by atoms with Crippen molar-refractivity contribution >= 4 is 17.5 Å². The highest BCUT2D eigenvalue weighted by Gasteiger charge is 2.33. The van der Waals surface area contributed by atoms with E-state index in [0.717, 1.165) is 37.7 Å². The summed E-state index contributed by atoms with van der Waals surface area (Å²) < 4.78 is 38.9. The Morgan fingerprint density at radius 2 is 1.71 bits per heavy atom. The maximum atomic E-state index is 13.0. The number of benzene rings is 1. The summed E-state index contributed by atoms with van der Waals surface area (Å²) in [6.07, 6.45) is -1.10. The van der Waals surface area contributed by atoms with Crippen LogP contribution in [0.3, 0.4) is 0 Å². The van der Waals surface area contributed by atoms with Crippen molar-refractivity contribution in [1.82, 2.24) is 14.9 Å². The third kappa shape index (κ3) is 4.91. The number of carbonyl (C=O) groups is 1. The van der Waals surface area contributed by atoms with Crippen LogP contribution in [-0.2, 0) is 11.0 Å². The number of nitrogens with zero attached hydrogens (tertiary/aromatic N) is 5. The van der Waals surface area contributed by atoms with E-state index in [1.807, 2.05) is 22.8 Å². The molecule has 0 aliphatic carbocycles. The standard InChI is InChI=1S/C22H26F3N5O/c1-16-5-8-26-21(27-16)30-9-6-17(7-10-30)20(31)29-13-11-28(12-14-29)19-4-2-3-18(15-19)22(23,24)25/h2-5,8,15,17H,6-7,9-14H2,1H3. The van der Waals surface area contributed by atoms with Gasteiger partial charge in [-0.1, -0.05) is 6.07 Å². The van der Waals surface area contributed by atoms with Crippen LogP contribution < -0.4 is 9.80 Å². The fourth-order valence-electron chi connectivity index (χ4n) is 4.24. The molecule has 2 saturated heterocycles. The molecule has 3 heterocycles. The third-order valence-corrected chi connectivity index (χ3v) is 6.04. The van der Waals surface area contributed by atoms with Gasteiger partial charge in [-0.15, -0.1) is 0 Å². The second kappa shape index (κ2) is 8.72. The minimum atomic E-state index is -4.36. The zero-order chi connectivity index (χ0) is 22.0. The molecule has 2 aromatic rings. The Balaban J connectivity index is 1.30. The summed E-state index contributed by atoms with van der Waals surface area (Å²) in [6.45, 7) is 5.52. The van der Waals surface area contributed by atoms with Crippen molar-refractivity contribution in [2.24, 2.45) is 5.92 Å². The first-order valence-electron chi connectivity index (χ1n) is 10.6. The highest BCUT2D eigenvalue weighted by molar-refractivity contribution is 5.79. The number of halogens is 3. The molecule has 1 amide bonds. The van der Waals surface area contributed by atoms with Gasteiger partial charge in [0.05, 0.1) is 5.56 Å². The fraction of sp³-hybridized carbons (Fsp3) is 0.500. The van der Waals surface area contributed by atoms with Crippen molar-refractivity contribution in [1.29, 1.82) is 0 Å². The van der Waals surface area contributed by atoms with Crippen LogP contribution in [0, 0.1) is 12.8 Å². The summed E-state index contributed by atoms with van der Waals surface area (Å²) in [5.74, 6) is 0.829. The number of anilines is 2. The second-order valence-corrected chi connectivity index (χ2v) is 8.12. The molecule has 2 aliphatic heterocycles. The molecular formula is C22H26F3N5O. The number of aromatic nitrogens is 2. The lowest BCUT2D eigenvalue weighted by Crippen LogP contribution is -2.51. The zero-order valence-electron chi connectivity index (χ0n) is 17.5. The number of rotatable bonds is 3. The Morgan fingerprint density at radius 1 is 1.00 bits per heavy atom. The van der Waals surface area contributed by atoms with E-state index in [-0.39, 0.29) is 11.8 Å². The van der Waals surface area contributed by atoms with Crippen LogP contribution >= 0.6 is 0 Å². The molecule has 0 atom stereocenters. The Morgan fingerprint density at radius 3 is 2.35 bits per heavy atom. The van der Waals surface area contributed by atoms with Gasteiger partial charge in [0.15, 0.2) is 0 Å². The van der Waals surface area contributed by atoms with Gasteiger partial charge in [0.2, 0.25) is 11.9 Å². The maximum absolute atomic E-state index is 13.0. The van der Waals surface area contributed by atoms with Gasteiger partial charge in [0.1, 0.15) is 0 Å². The molecule has 166 valence electrons. The molecule has 2 aliphatic rings. The molecule has 1 aromatic heterocycles. The Labute approximate surface area is 179 Å². The van der Waals surface area contributed by atoms with Crippen molar-refractivity contribution in [3.8, 4) is 0 Å². The topological polar surface area (TPSA) is 52.6 Å². The maximum Gasteiger partial charge on any atom is 0.416 e. The summed E-state index contributed by atoms with van der Waals surface area (Å²) in [5, 5.41) is 0. The molecule has 1 aromatic carbocycles. The van der Waals surface area contributed by atoms with Crippen LogP contribution in [0.1, 0.15) is 24.1 Å². The number of aryl methyl sites for hydroxylation is 1. The molecular weight excluding hydrogens is 407 g/mol. The number of hydrogen-bond acceptors (Lipinski definition) is 5. The van der Waals surface area contributed by atoms with Crippen molar-refractivity contribution in [2.45, 2.75) is 25.9 Å². The smallest absolute Gasteiger partial charge is 0.368 e. The molecule has 0 spiro atoms. The molecule has 2 fully saturated rings. The molecule has 6 nitrogen and oxygen atoms in total. The van der Waals surface area contributed by atoms with Gasteiger partial charge in [-0.3, -0.25) is 4.79 Å². The van der Waals surface area contributed by atoms with Crippen LogP contribution in [0.5, 0.6) is 0 Å². The van der Waals surface area contributed by atoms with Crippen molar-refractivity contribution < 1.29 is 18.0 Å². The second-order valence-electron chi connectivity index (χ2n) is 8.12. The minimum absolute atomic E-state index is 0.0267. The first kappa shape index (κ1) is 21.4. The van der Waals surface area contributed by atoms with Gasteiger partial charge >= 0.3 is 6.18 Å². The zero-order valence-corrected chi connectivity index (χ0v) is 17.5. The van der Waals surface area contributed by atoms with E-state index in [0.29, 0.717) is 37.8 Å². The Bertz CT molecular complexity index is 919. The molecule has 0 bridgehead atoms. The minimum Gasteiger partial charge on any atom is -0.368 e. The first-order valence-corrected chi connectivity index (χ1v) is 10.6. The van der Waals surface area contributed by atoms with E-state index in [1.54, 1.807) is 12.3 Å². The fourth-order valence-corrected chi connectivity index (χ4v) is 4.24. The van der Waals surface area contributed by atoms with Crippen LogP contribution in [0.25, 0.3) is 0 Å². The van der Waals surface area contributed by atoms with Gasteiger partial charge in [-0.2, -0.15) is 13.2 Å². The lowest BCUT2D eigenvalue weighted by Gasteiger charge is -2.39. The summed E-state index contributed by atoms with van der Waals surface area (Å²) >= 11 is 0. The largest absolute Gasteiger partial charge is 0.416 e. The molecule has 31 heavy (non-hydrogen) atoms. The number of amides is 1. The van der Waals surface area contributed by atoms with E-state index < -0.39 is 11.7 Å². The van der Waals surface area contributed by atoms with Crippen molar-refractivity contribution in [3.63, 3.8) is 0 Å². The van der Waals surface area contributed by atoms with Gasteiger partial charge < -0.3 is 14.7 Å². The van der Waals surface area contributed by atoms with Gasteiger partial charge in [0, 0.05) is 62.8 Å². The number of hydrogen-bond donors (Lipinski definition) is 0. The van der Waals surface area contributed by atoms with Crippen LogP contribution in [0.15, 0.2) is 36.5 Å². The lowest BCUT2D eigenvalue weighted by molar-refractivity contribution is -0.137. The van der Waals surface area contributed by atoms with E-state index in [4.69, 9.17) is 0 Å². The van der Waals surface area contributed by atoms with E-state index in [1.165, 1.54) is 12.1 Å². The Hall–Kier alpha value is -2.84. The van der Waals surface area contributed by atoms with Crippen molar-refractivity contribution in [2.75, 3.05) is 49.1 Å². The van der Waals surface area contributed by atoms with E-state index >= 15 is 0 Å². The number of carbonyl (C=O) groups excluding carboxylic acids is 1. The van der Waals surface area contributed by atoms with Crippen LogP contribution in [0.4, 0.5) is 24.8 Å². The molecule has 0 N–H and O–H groups in total. The number of piperidine rings is 1. The predicted molar refractivity (Wildman–Crippen MR) is 112 cm³/mol. The first-order chi connectivity index (χ1) is 14.8. The summed E-state index contributed by atoms with van der Waals surface area (Å²) in [7, 11) is 0. The average Bonchev–Trinajstić information content (AvgIpc) is 2.78. The van der Waals surface area contributed by atoms with Crippen LogP contribution in [0.2, 0.25) is 0 Å². The monoisotopic (exact) mass is 433 g/mol. The molecule has 0 radical (unpaired) electrons. The SMILES string of the molecule is Cc1ccnc(N2CCC(C(=O)N3CCN(c4cccc(C(F)(F)F)c4)CC3)CC2)n1. The predicted octanol–water partition coefficient (Wildman–Crippen LogP) is 3.37. The van der Waals surface area contributed by atoms with Gasteiger partial charge in [0.25, 0.3) is 0 Å². The third-order valence-electron chi connectivity index (χ3n) is 6.04. The summed E-state index contributed by atoms with van der Waals surface area (Å²) in [4.78, 5) is 27.7. The van der Waals surface area contributed by atoms with Crippen molar-refractivity contribution in [3.05, 3.63) is 47.8 Å². The number of piperazine rings is 1. The quantitative estimate of drug-likeness (QED) is 0.743. The van der Waals surface area contributed by atoms with Gasteiger partial charge in [-0.05, 0) is 44.0 Å².